The van der Waals surface area contributed by atoms with E-state index in [2.05, 4.69) is 21.9 Å². The quantitative estimate of drug-likeness (QED) is 0.442. The van der Waals surface area contributed by atoms with Gasteiger partial charge in [0.2, 0.25) is 12.4 Å². The number of carbonyl (C=O) groups is 1. The molecule has 9 heteroatoms. The highest BCUT2D eigenvalue weighted by Gasteiger charge is 2.21. The fourth-order valence-electron chi connectivity index (χ4n) is 4.29. The van der Waals surface area contributed by atoms with E-state index in [0.29, 0.717) is 30.7 Å². The van der Waals surface area contributed by atoms with Crippen molar-refractivity contribution >= 4 is 12.4 Å². The van der Waals surface area contributed by atoms with Crippen molar-refractivity contribution < 1.29 is 9.53 Å². The number of benzene rings is 1. The van der Waals surface area contributed by atoms with E-state index in [4.69, 9.17) is 15.6 Å². The third-order valence-corrected chi connectivity index (χ3v) is 5.76. The molecule has 0 bridgehead atoms. The smallest absolute Gasteiger partial charge is 0.222 e. The molecule has 3 aromatic rings. The summed E-state index contributed by atoms with van der Waals surface area (Å²) in [5, 5.41) is 6.66. The van der Waals surface area contributed by atoms with E-state index in [1.54, 1.807) is 5.01 Å². The summed E-state index contributed by atoms with van der Waals surface area (Å²) >= 11 is 0. The molecule has 9 nitrogen and oxygen atoms in total. The summed E-state index contributed by atoms with van der Waals surface area (Å²) < 4.78 is 7.20. The van der Waals surface area contributed by atoms with Gasteiger partial charge in [0.05, 0.1) is 30.5 Å². The van der Waals surface area contributed by atoms with Gasteiger partial charge in [-0.25, -0.2) is 9.55 Å². The molecule has 1 fully saturated rings. The molecule has 0 amide bonds. The normalized spacial score (nSPS) is 17.1. The van der Waals surface area contributed by atoms with Gasteiger partial charge in [-0.3, -0.25) is 14.8 Å². The van der Waals surface area contributed by atoms with E-state index in [1.165, 1.54) is 4.57 Å². The lowest BCUT2D eigenvalue weighted by Gasteiger charge is -2.31. The van der Waals surface area contributed by atoms with E-state index in [-0.39, 0.29) is 12.1 Å². The number of morpholine rings is 1. The van der Waals surface area contributed by atoms with Crippen molar-refractivity contribution in [2.24, 2.45) is 5.10 Å². The first-order chi connectivity index (χ1) is 16.4. The van der Waals surface area contributed by atoms with Crippen LogP contribution in [0.2, 0.25) is 0 Å². The van der Waals surface area contributed by atoms with Crippen molar-refractivity contribution in [1.82, 2.24) is 24.4 Å². The maximum absolute atomic E-state index is 12.1. The average molecular weight is 462 g/mol. The van der Waals surface area contributed by atoms with Crippen LogP contribution in [0, 0.1) is 13.8 Å². The number of anilines is 1. The SMILES string of the molecule is Cc1cc(-c2c(-c3ccccc3)nc(N)n(C=O)/c2=N\N(C)CC2CN(C)CCO2)cc(C)n1. The lowest BCUT2D eigenvalue weighted by molar-refractivity contribution is -0.0327. The van der Waals surface area contributed by atoms with Gasteiger partial charge in [-0.2, -0.15) is 5.10 Å². The second-order valence-corrected chi connectivity index (χ2v) is 8.69. The number of ether oxygens (including phenoxy) is 1. The van der Waals surface area contributed by atoms with Crippen LogP contribution in [-0.2, 0) is 9.53 Å². The zero-order valence-electron chi connectivity index (χ0n) is 20.1. The Morgan fingerprint density at radius 2 is 1.88 bits per heavy atom. The van der Waals surface area contributed by atoms with E-state index in [1.807, 2.05) is 63.4 Å². The number of pyridine rings is 1. The summed E-state index contributed by atoms with van der Waals surface area (Å²) in [5.74, 6) is 0.0703. The van der Waals surface area contributed by atoms with Crippen LogP contribution in [0.1, 0.15) is 11.4 Å². The minimum atomic E-state index is 0.0128. The van der Waals surface area contributed by atoms with Crippen LogP contribution >= 0.6 is 0 Å². The van der Waals surface area contributed by atoms with Crippen molar-refractivity contribution in [1.29, 1.82) is 0 Å². The number of nitrogens with zero attached hydrogens (tertiary/aromatic N) is 6. The molecule has 1 aromatic carbocycles. The number of aromatic nitrogens is 3. The van der Waals surface area contributed by atoms with Crippen LogP contribution in [0.25, 0.3) is 22.4 Å². The molecule has 0 radical (unpaired) electrons. The Balaban J connectivity index is 1.94. The molecule has 34 heavy (non-hydrogen) atoms. The Morgan fingerprint density at radius 1 is 1.18 bits per heavy atom. The average Bonchev–Trinajstić information content (AvgIpc) is 2.78. The molecule has 1 aliphatic rings. The zero-order chi connectivity index (χ0) is 24.2. The Morgan fingerprint density at radius 3 is 2.53 bits per heavy atom. The number of aryl methyl sites for hydroxylation is 2. The van der Waals surface area contributed by atoms with E-state index in [9.17, 15) is 4.79 Å². The molecule has 1 atom stereocenters. The number of rotatable bonds is 6. The molecule has 2 N–H and O–H groups in total. The molecule has 0 saturated carbocycles. The third-order valence-electron chi connectivity index (χ3n) is 5.76. The van der Waals surface area contributed by atoms with Crippen molar-refractivity contribution in [2.45, 2.75) is 20.0 Å². The minimum Gasteiger partial charge on any atom is -0.374 e. The van der Waals surface area contributed by atoms with Gasteiger partial charge in [-0.15, -0.1) is 0 Å². The summed E-state index contributed by atoms with van der Waals surface area (Å²) in [6.07, 6.45) is 0.665. The molecule has 1 unspecified atom stereocenters. The molecule has 0 spiro atoms. The van der Waals surface area contributed by atoms with Gasteiger partial charge in [-0.05, 0) is 38.6 Å². The number of hydrogen-bond donors (Lipinski definition) is 1. The fourth-order valence-corrected chi connectivity index (χ4v) is 4.29. The van der Waals surface area contributed by atoms with E-state index >= 15 is 0 Å². The number of nitrogens with two attached hydrogens (primary N) is 1. The molecule has 4 rings (SSSR count). The third kappa shape index (κ3) is 5.16. The number of carbonyl (C=O) groups excluding carboxylic acids is 1. The van der Waals surface area contributed by atoms with Gasteiger partial charge >= 0.3 is 0 Å². The largest absolute Gasteiger partial charge is 0.374 e. The Bertz CT molecular complexity index is 1220. The van der Waals surface area contributed by atoms with Crippen LogP contribution in [-0.4, -0.2) is 77.3 Å². The lowest BCUT2D eigenvalue weighted by Crippen LogP contribution is -2.45. The fraction of sp³-hybridized carbons (Fsp3) is 0.360. The Labute approximate surface area is 199 Å². The topological polar surface area (TPSA) is 102 Å². The first-order valence-corrected chi connectivity index (χ1v) is 11.3. The van der Waals surface area contributed by atoms with Crippen LogP contribution in [0.3, 0.4) is 0 Å². The first-order valence-electron chi connectivity index (χ1n) is 11.3. The van der Waals surface area contributed by atoms with Crippen LogP contribution in [0.15, 0.2) is 47.6 Å². The maximum atomic E-state index is 12.1. The van der Waals surface area contributed by atoms with Crippen molar-refractivity contribution in [3.05, 3.63) is 59.3 Å². The summed E-state index contributed by atoms with van der Waals surface area (Å²) in [5.41, 5.74) is 11.5. The van der Waals surface area contributed by atoms with Crippen molar-refractivity contribution in [3.63, 3.8) is 0 Å². The van der Waals surface area contributed by atoms with Gasteiger partial charge in [0.25, 0.3) is 0 Å². The molecule has 178 valence electrons. The maximum Gasteiger partial charge on any atom is 0.222 e. The summed E-state index contributed by atoms with van der Waals surface area (Å²) in [6, 6.07) is 13.7. The standard InChI is InChI=1S/C25H31N7O2/c1-17-12-20(13-18(2)27-17)22-23(19-8-6-5-7-9-19)28-25(26)32(16-33)24(22)29-31(4)15-21-14-30(3)10-11-34-21/h5-9,12-13,16,21H,10-11,14-15H2,1-4H3,(H2,26,28)/b29-24-. The molecule has 1 aliphatic heterocycles. The molecule has 2 aromatic heterocycles. The predicted octanol–water partition coefficient (Wildman–Crippen LogP) is 1.93. The predicted molar refractivity (Wildman–Crippen MR) is 132 cm³/mol. The van der Waals surface area contributed by atoms with Gasteiger partial charge < -0.3 is 15.4 Å². The van der Waals surface area contributed by atoms with Crippen LogP contribution in [0.5, 0.6) is 0 Å². The molecule has 3 heterocycles. The summed E-state index contributed by atoms with van der Waals surface area (Å²) in [6.45, 7) is 6.87. The van der Waals surface area contributed by atoms with E-state index < -0.39 is 0 Å². The highest BCUT2D eigenvalue weighted by molar-refractivity contribution is 5.82. The zero-order valence-corrected chi connectivity index (χ0v) is 20.1. The summed E-state index contributed by atoms with van der Waals surface area (Å²) in [4.78, 5) is 23.5. The van der Waals surface area contributed by atoms with E-state index in [0.717, 1.165) is 41.2 Å². The van der Waals surface area contributed by atoms with Gasteiger partial charge in [0, 0.05) is 37.1 Å². The second kappa shape index (κ2) is 10.1. The van der Waals surface area contributed by atoms with Gasteiger partial charge in [0.15, 0.2) is 5.49 Å². The minimum absolute atomic E-state index is 0.0128. The van der Waals surface area contributed by atoms with Crippen LogP contribution in [0.4, 0.5) is 5.95 Å². The lowest BCUT2D eigenvalue weighted by atomic mass is 9.99. The number of hydrogen-bond acceptors (Lipinski definition) is 8. The number of likely N-dealkylation sites (N-methyl/N-ethyl adjacent to an activating group) is 2. The Kier molecular flexibility index (Phi) is 7.04. The van der Waals surface area contributed by atoms with Crippen molar-refractivity contribution in [3.8, 4) is 22.4 Å². The first kappa shape index (κ1) is 23.6. The second-order valence-electron chi connectivity index (χ2n) is 8.69. The van der Waals surface area contributed by atoms with Gasteiger partial charge in [-0.1, -0.05) is 30.3 Å². The van der Waals surface area contributed by atoms with Crippen molar-refractivity contribution in [2.75, 3.05) is 46.1 Å². The van der Waals surface area contributed by atoms with Crippen LogP contribution < -0.4 is 11.2 Å². The highest BCUT2D eigenvalue weighted by atomic mass is 16.5. The van der Waals surface area contributed by atoms with Gasteiger partial charge in [0.1, 0.15) is 0 Å². The monoisotopic (exact) mass is 461 g/mol. The molecule has 1 saturated heterocycles. The number of nitrogen functional groups attached to an aromatic ring is 1. The molecular formula is C25H31N7O2. The Hall–Kier alpha value is -3.56. The highest BCUT2D eigenvalue weighted by Crippen LogP contribution is 2.29. The molecular weight excluding hydrogens is 430 g/mol. The molecule has 0 aliphatic carbocycles. The summed E-state index contributed by atoms with van der Waals surface area (Å²) in [7, 11) is 3.95.